The van der Waals surface area contributed by atoms with Crippen LogP contribution < -0.4 is 4.90 Å². The smallest absolute Gasteiger partial charge is 0.178 e. The van der Waals surface area contributed by atoms with Gasteiger partial charge in [0.25, 0.3) is 0 Å². The van der Waals surface area contributed by atoms with E-state index in [0.717, 1.165) is 22.8 Å². The van der Waals surface area contributed by atoms with Crippen LogP contribution in [0.3, 0.4) is 0 Å². The lowest BCUT2D eigenvalue weighted by Gasteiger charge is -2.11. The summed E-state index contributed by atoms with van der Waals surface area (Å²) in [5.74, 6) is 0.688. The molecule has 17 heavy (non-hydrogen) atoms. The summed E-state index contributed by atoms with van der Waals surface area (Å²) >= 11 is 0. The Hall–Kier alpha value is -1.97. The van der Waals surface area contributed by atoms with Gasteiger partial charge < -0.3 is 4.90 Å². The Labute approximate surface area is 101 Å². The van der Waals surface area contributed by atoms with Gasteiger partial charge in [0.15, 0.2) is 5.82 Å². The molecule has 0 spiro atoms. The number of pyridine rings is 1. The van der Waals surface area contributed by atoms with Crippen LogP contribution in [-0.4, -0.2) is 29.0 Å². The Balaban J connectivity index is 2.39. The number of rotatable bonds is 2. The molecule has 0 aliphatic carbocycles. The van der Waals surface area contributed by atoms with E-state index in [9.17, 15) is 0 Å². The van der Waals surface area contributed by atoms with Crippen LogP contribution in [0.2, 0.25) is 0 Å². The third-order valence-corrected chi connectivity index (χ3v) is 2.48. The molecular formula is C13H16N4. The molecule has 88 valence electrons. The van der Waals surface area contributed by atoms with Crippen molar-refractivity contribution in [3.05, 3.63) is 35.8 Å². The minimum Gasteiger partial charge on any atom is -0.376 e. The third kappa shape index (κ3) is 2.58. The summed E-state index contributed by atoms with van der Waals surface area (Å²) in [5, 5.41) is 0. The van der Waals surface area contributed by atoms with E-state index < -0.39 is 0 Å². The first kappa shape index (κ1) is 11.5. The fraction of sp³-hybridized carbons (Fsp3) is 0.308. The Kier molecular flexibility index (Phi) is 3.04. The summed E-state index contributed by atoms with van der Waals surface area (Å²) in [4.78, 5) is 15.2. The van der Waals surface area contributed by atoms with Gasteiger partial charge in [-0.2, -0.15) is 0 Å². The second kappa shape index (κ2) is 4.49. The molecule has 2 aromatic heterocycles. The maximum absolute atomic E-state index is 4.39. The predicted molar refractivity (Wildman–Crippen MR) is 69.1 cm³/mol. The van der Waals surface area contributed by atoms with Crippen LogP contribution >= 0.6 is 0 Å². The summed E-state index contributed by atoms with van der Waals surface area (Å²) in [6.07, 6.45) is 1.83. The molecule has 0 N–H and O–H groups in total. The molecule has 0 bridgehead atoms. The molecule has 2 rings (SSSR count). The van der Waals surface area contributed by atoms with Gasteiger partial charge >= 0.3 is 0 Å². The Morgan fingerprint density at radius 3 is 2.12 bits per heavy atom. The molecule has 4 nitrogen and oxygen atoms in total. The maximum Gasteiger partial charge on any atom is 0.178 e. The van der Waals surface area contributed by atoms with E-state index in [1.165, 1.54) is 0 Å². The predicted octanol–water partition coefficient (Wildman–Crippen LogP) is 2.22. The van der Waals surface area contributed by atoms with Gasteiger partial charge in [0.2, 0.25) is 0 Å². The standard InChI is InChI=1S/C13H16N4/c1-9-7-10(2)16-13(15-9)12-6-5-11(8-14-12)17(3)4/h5-8H,1-4H3. The van der Waals surface area contributed by atoms with Crippen molar-refractivity contribution in [1.82, 2.24) is 15.0 Å². The van der Waals surface area contributed by atoms with Crippen LogP contribution in [0.25, 0.3) is 11.5 Å². The molecule has 2 heterocycles. The molecule has 0 aliphatic heterocycles. The minimum absolute atomic E-state index is 0.688. The highest BCUT2D eigenvalue weighted by atomic mass is 15.1. The second-order valence-corrected chi connectivity index (χ2v) is 4.27. The van der Waals surface area contributed by atoms with Crippen molar-refractivity contribution in [3.8, 4) is 11.5 Å². The Morgan fingerprint density at radius 1 is 1.00 bits per heavy atom. The van der Waals surface area contributed by atoms with E-state index in [2.05, 4.69) is 15.0 Å². The highest BCUT2D eigenvalue weighted by Crippen LogP contribution is 2.16. The molecule has 0 saturated heterocycles. The van der Waals surface area contributed by atoms with Crippen molar-refractivity contribution >= 4 is 5.69 Å². The van der Waals surface area contributed by atoms with Gasteiger partial charge in [0, 0.05) is 25.5 Å². The Bertz CT molecular complexity index is 497. The number of hydrogen-bond acceptors (Lipinski definition) is 4. The van der Waals surface area contributed by atoms with Gasteiger partial charge in [-0.1, -0.05) is 0 Å². The summed E-state index contributed by atoms with van der Waals surface area (Å²) in [6.45, 7) is 3.93. The van der Waals surface area contributed by atoms with E-state index in [-0.39, 0.29) is 0 Å². The van der Waals surface area contributed by atoms with Crippen molar-refractivity contribution in [2.24, 2.45) is 0 Å². The zero-order valence-electron chi connectivity index (χ0n) is 10.6. The van der Waals surface area contributed by atoms with E-state index in [1.54, 1.807) is 0 Å². The average molecular weight is 228 g/mol. The van der Waals surface area contributed by atoms with Gasteiger partial charge in [-0.05, 0) is 32.0 Å². The van der Waals surface area contributed by atoms with Crippen LogP contribution in [0.15, 0.2) is 24.4 Å². The number of aryl methyl sites for hydroxylation is 2. The van der Waals surface area contributed by atoms with Crippen molar-refractivity contribution in [1.29, 1.82) is 0 Å². The summed E-state index contributed by atoms with van der Waals surface area (Å²) in [7, 11) is 3.98. The van der Waals surface area contributed by atoms with Crippen LogP contribution in [-0.2, 0) is 0 Å². The van der Waals surface area contributed by atoms with Crippen molar-refractivity contribution in [2.75, 3.05) is 19.0 Å². The first-order chi connectivity index (χ1) is 8.06. The minimum atomic E-state index is 0.688. The number of aromatic nitrogens is 3. The summed E-state index contributed by atoms with van der Waals surface area (Å²) < 4.78 is 0. The quantitative estimate of drug-likeness (QED) is 0.790. The van der Waals surface area contributed by atoms with Crippen molar-refractivity contribution in [2.45, 2.75) is 13.8 Å². The van der Waals surface area contributed by atoms with Gasteiger partial charge in [-0.15, -0.1) is 0 Å². The van der Waals surface area contributed by atoms with E-state index in [4.69, 9.17) is 0 Å². The SMILES string of the molecule is Cc1cc(C)nc(-c2ccc(N(C)C)cn2)n1. The monoisotopic (exact) mass is 228 g/mol. The molecule has 0 unspecified atom stereocenters. The van der Waals surface area contributed by atoms with Crippen molar-refractivity contribution < 1.29 is 0 Å². The van der Waals surface area contributed by atoms with Crippen molar-refractivity contribution in [3.63, 3.8) is 0 Å². The van der Waals surface area contributed by atoms with Crippen LogP contribution in [0.5, 0.6) is 0 Å². The molecule has 2 aromatic rings. The lowest BCUT2D eigenvalue weighted by molar-refractivity contribution is 1.04. The number of hydrogen-bond donors (Lipinski definition) is 0. The molecule has 0 amide bonds. The van der Waals surface area contributed by atoms with E-state index in [0.29, 0.717) is 5.82 Å². The molecule has 0 aromatic carbocycles. The van der Waals surface area contributed by atoms with E-state index in [1.807, 2.05) is 57.2 Å². The highest BCUT2D eigenvalue weighted by molar-refractivity contribution is 5.54. The second-order valence-electron chi connectivity index (χ2n) is 4.27. The van der Waals surface area contributed by atoms with Gasteiger partial charge in [0.05, 0.1) is 11.9 Å². The van der Waals surface area contributed by atoms with Crippen LogP contribution in [0, 0.1) is 13.8 Å². The highest BCUT2D eigenvalue weighted by Gasteiger charge is 2.05. The first-order valence-electron chi connectivity index (χ1n) is 5.52. The molecule has 0 radical (unpaired) electrons. The molecule has 4 heteroatoms. The largest absolute Gasteiger partial charge is 0.376 e. The topological polar surface area (TPSA) is 41.9 Å². The molecule has 0 aliphatic rings. The summed E-state index contributed by atoms with van der Waals surface area (Å²) in [6, 6.07) is 5.92. The lowest BCUT2D eigenvalue weighted by Crippen LogP contribution is -2.08. The number of nitrogens with zero attached hydrogens (tertiary/aromatic N) is 4. The van der Waals surface area contributed by atoms with Gasteiger partial charge in [-0.25, -0.2) is 9.97 Å². The summed E-state index contributed by atoms with van der Waals surface area (Å²) in [5.41, 5.74) is 3.80. The van der Waals surface area contributed by atoms with Crippen LogP contribution in [0.4, 0.5) is 5.69 Å². The molecular weight excluding hydrogens is 212 g/mol. The fourth-order valence-electron chi connectivity index (χ4n) is 1.62. The Morgan fingerprint density at radius 2 is 1.65 bits per heavy atom. The van der Waals surface area contributed by atoms with Gasteiger partial charge in [0.1, 0.15) is 5.69 Å². The van der Waals surface area contributed by atoms with Crippen LogP contribution in [0.1, 0.15) is 11.4 Å². The zero-order valence-corrected chi connectivity index (χ0v) is 10.6. The number of anilines is 1. The normalized spacial score (nSPS) is 10.4. The zero-order chi connectivity index (χ0) is 12.4. The first-order valence-corrected chi connectivity index (χ1v) is 5.52. The molecule has 0 fully saturated rings. The third-order valence-electron chi connectivity index (χ3n) is 2.48. The lowest BCUT2D eigenvalue weighted by atomic mass is 10.3. The molecule has 0 saturated carbocycles. The van der Waals surface area contributed by atoms with Gasteiger partial charge in [-0.3, -0.25) is 4.98 Å². The molecule has 0 atom stereocenters. The van der Waals surface area contributed by atoms with E-state index >= 15 is 0 Å². The average Bonchev–Trinajstić information content (AvgIpc) is 2.28. The fourth-order valence-corrected chi connectivity index (χ4v) is 1.62. The maximum atomic E-state index is 4.39.